The van der Waals surface area contributed by atoms with Gasteiger partial charge in [0.1, 0.15) is 63.5 Å². The summed E-state index contributed by atoms with van der Waals surface area (Å²) >= 11 is 5.59. The Labute approximate surface area is 425 Å². The molecule has 0 radical (unpaired) electrons. The van der Waals surface area contributed by atoms with Crippen molar-refractivity contribution in [3.8, 4) is 0 Å². The van der Waals surface area contributed by atoms with Crippen LogP contribution < -0.4 is 26.6 Å². The molecular formula is C50H74FN9O11S+4. The van der Waals surface area contributed by atoms with E-state index < -0.39 is 53.6 Å². The lowest BCUT2D eigenvalue weighted by Gasteiger charge is -2.49. The number of ketones is 1. The number of quaternary nitrogens is 4. The third-order valence-corrected chi connectivity index (χ3v) is 16.1. The predicted molar refractivity (Wildman–Crippen MR) is 266 cm³/mol. The number of likely N-dealkylation sites (N-methyl/N-ethyl adjacent to an activating group) is 2. The molecule has 0 aliphatic carbocycles. The molecule has 2 aromatic rings. The number of urea groups is 1. The van der Waals surface area contributed by atoms with Crippen LogP contribution in [0.2, 0.25) is 0 Å². The number of rotatable bonds is 29. The highest BCUT2D eigenvalue weighted by molar-refractivity contribution is 7.80. The molecule has 9 N–H and O–H groups in total. The number of anilines is 1. The van der Waals surface area contributed by atoms with Crippen LogP contribution in [0.4, 0.5) is 14.9 Å². The lowest BCUT2D eigenvalue weighted by Crippen LogP contribution is -2.84. The summed E-state index contributed by atoms with van der Waals surface area (Å²) in [5, 5.41) is 53.5. The van der Waals surface area contributed by atoms with E-state index in [0.717, 1.165) is 56.8 Å². The summed E-state index contributed by atoms with van der Waals surface area (Å²) < 4.78 is 15.9. The molecule has 4 fully saturated rings. The Kier molecular flexibility index (Phi) is 18.4. The Morgan fingerprint density at radius 3 is 2.00 bits per heavy atom. The quantitative estimate of drug-likeness (QED) is 0.0323. The van der Waals surface area contributed by atoms with E-state index in [1.165, 1.54) is 12.1 Å². The van der Waals surface area contributed by atoms with Crippen LogP contribution in [0.3, 0.4) is 0 Å². The van der Waals surface area contributed by atoms with Crippen LogP contribution in [0.25, 0.3) is 0 Å². The summed E-state index contributed by atoms with van der Waals surface area (Å²) in [7, 11) is 4.47. The molecule has 0 saturated carbocycles. The van der Waals surface area contributed by atoms with E-state index in [-0.39, 0.29) is 82.4 Å². The number of amides is 3. The van der Waals surface area contributed by atoms with E-state index in [9.17, 15) is 53.3 Å². The van der Waals surface area contributed by atoms with Crippen molar-refractivity contribution in [3.63, 3.8) is 0 Å². The van der Waals surface area contributed by atoms with Crippen LogP contribution in [0.15, 0.2) is 48.5 Å². The minimum absolute atomic E-state index is 0.00448. The first-order valence-electron chi connectivity index (χ1n) is 25.2. The molecule has 1 unspecified atom stereocenters. The zero-order valence-electron chi connectivity index (χ0n) is 41.5. The topological polar surface area (TPSA) is 261 Å². The Morgan fingerprint density at radius 1 is 0.694 bits per heavy atom. The van der Waals surface area contributed by atoms with Gasteiger partial charge in [0.25, 0.3) is 0 Å². The standard InChI is InChI=1S/C50H70FN9O11S/c1-57-23-24-58(2)32-40(60(34-45(66)67)28-27-59(26-25-57,33-44(64)65)50(57,58)60)30-36-14-18-39(19-15-36)55-49(72)54-21-6-3-4-9-41(61)31-37(29-35-12-16-38(51)17-13-35)46(68)52-20-7-5-10-42(47(69)70)56-48(71)53-22-8-11-43(62)63/h12-19,37,40,42H,3-11,20-34H2,1-2H3,(H5-4,52,53,54,55,56,62,63,64,65,66,67,68,69,70,71,72)/p+4/t37-,40?,42+,50+,57+,58-,59+,60-/m1/s1. The number of carboxylic acids is 4. The average Bonchev–Trinajstić information content (AvgIpc) is 3.91. The van der Waals surface area contributed by atoms with Gasteiger partial charge in [-0.15, -0.1) is 8.97 Å². The summed E-state index contributed by atoms with van der Waals surface area (Å²) in [6.45, 7) is 6.27. The fourth-order valence-electron chi connectivity index (χ4n) is 13.2. The second-order valence-corrected chi connectivity index (χ2v) is 21.2. The van der Waals surface area contributed by atoms with Gasteiger partial charge in [-0.1, -0.05) is 30.7 Å². The number of thiocarbonyl (C=S) groups is 1. The average molecular weight is 1030 g/mol. The van der Waals surface area contributed by atoms with E-state index in [0.29, 0.717) is 73.9 Å². The number of hydrogen-bond donors (Lipinski definition) is 9. The highest BCUT2D eigenvalue weighted by Gasteiger charge is 2.99. The molecule has 8 atom stereocenters. The van der Waals surface area contributed by atoms with Gasteiger partial charge >= 0.3 is 35.8 Å². The summed E-state index contributed by atoms with van der Waals surface area (Å²) in [6, 6.07) is 11.9. The van der Waals surface area contributed by atoms with Gasteiger partial charge in [0.15, 0.2) is 24.2 Å². The minimum Gasteiger partial charge on any atom is -0.481 e. The van der Waals surface area contributed by atoms with Crippen molar-refractivity contribution in [2.24, 2.45) is 5.92 Å². The zero-order valence-corrected chi connectivity index (χ0v) is 42.4. The number of halogens is 1. The van der Waals surface area contributed by atoms with E-state index in [2.05, 4.69) is 40.7 Å². The van der Waals surface area contributed by atoms with Gasteiger partial charge in [-0.05, 0) is 92.6 Å². The lowest BCUT2D eigenvalue weighted by atomic mass is 9.91. The number of carbonyl (C=O) groups excluding carboxylic acids is 3. The maximum absolute atomic E-state index is 13.7. The molecule has 6 rings (SSSR count). The monoisotopic (exact) mass is 1030 g/mol. The van der Waals surface area contributed by atoms with Crippen molar-refractivity contribution in [1.29, 1.82) is 0 Å². The summed E-state index contributed by atoms with van der Waals surface area (Å²) in [4.78, 5) is 86.1. The first-order valence-corrected chi connectivity index (χ1v) is 25.6. The van der Waals surface area contributed by atoms with Gasteiger partial charge < -0.3 is 47.0 Å². The van der Waals surface area contributed by atoms with Gasteiger partial charge in [-0.2, -0.15) is 8.97 Å². The van der Waals surface area contributed by atoms with Crippen LogP contribution in [-0.2, 0) is 41.6 Å². The maximum Gasteiger partial charge on any atom is 0.482 e. The largest absolute Gasteiger partial charge is 0.482 e. The number of benzene rings is 2. The highest BCUT2D eigenvalue weighted by atomic mass is 32.1. The lowest BCUT2D eigenvalue weighted by molar-refractivity contribution is -1.36. The highest BCUT2D eigenvalue weighted by Crippen LogP contribution is 2.63. The van der Waals surface area contributed by atoms with Crippen LogP contribution in [0.1, 0.15) is 75.3 Å². The Bertz CT molecular complexity index is 2330. The number of aliphatic carboxylic acids is 4. The van der Waals surface area contributed by atoms with Gasteiger partial charge in [-0.3, -0.25) is 14.4 Å². The first-order chi connectivity index (χ1) is 34.2. The molecule has 72 heavy (non-hydrogen) atoms. The smallest absolute Gasteiger partial charge is 0.481 e. The first kappa shape index (κ1) is 55.5. The Morgan fingerprint density at radius 2 is 1.32 bits per heavy atom. The molecule has 4 heterocycles. The number of unbranched alkanes of at least 4 members (excludes halogenated alkanes) is 3. The molecule has 4 aliphatic rings. The molecule has 0 bridgehead atoms. The number of Topliss-reactive ketones (excluding diaryl/α,β-unsaturated/α-hetero) is 1. The fourth-order valence-corrected chi connectivity index (χ4v) is 13.4. The van der Waals surface area contributed by atoms with Crippen LogP contribution in [-0.4, -0.2) is 196 Å². The molecule has 4 aliphatic heterocycles. The van der Waals surface area contributed by atoms with Crippen molar-refractivity contribution < 1.29 is 76.3 Å². The zero-order chi connectivity index (χ0) is 52.3. The maximum atomic E-state index is 13.7. The Hall–Kier alpha value is -5.81. The SMILES string of the molecule is C[N@+]12CC[N@+]3(C)CC(Cc4ccc(NC(=S)NCCCCCC(=O)C[C@@H](Cc5ccc(F)cc5)C(=O)NCCCC[C@H](NC(=O)NCCCC(=O)O)C(=O)O)cc4)[N@+]4(CC(=O)O)CC[N@+](CC(=O)O)(CC1)[C@]234. The summed E-state index contributed by atoms with van der Waals surface area (Å²) in [5.74, 6) is -6.03. The van der Waals surface area contributed by atoms with E-state index in [1.807, 2.05) is 24.3 Å². The number of carbonyl (C=O) groups is 7. The molecule has 394 valence electrons. The molecule has 22 heteroatoms. The van der Waals surface area contributed by atoms with Crippen molar-refractivity contribution in [3.05, 3.63) is 65.5 Å². The van der Waals surface area contributed by atoms with Crippen molar-refractivity contribution >= 4 is 64.6 Å². The normalized spacial score (nSPS) is 26.4. The second kappa shape index (κ2) is 23.8. The number of carboxylic acid groups (broad SMARTS) is 4. The third-order valence-electron chi connectivity index (χ3n) is 15.9. The molecule has 2 aromatic carbocycles. The van der Waals surface area contributed by atoms with Gasteiger partial charge in [0.05, 0.1) is 14.1 Å². The van der Waals surface area contributed by atoms with Crippen molar-refractivity contribution in [1.82, 2.24) is 21.3 Å². The molecule has 0 aromatic heterocycles. The number of nitrogens with zero attached hydrogens (tertiary/aromatic N) is 4. The van der Waals surface area contributed by atoms with Gasteiger partial charge in [-0.25, -0.2) is 23.6 Å². The van der Waals surface area contributed by atoms with Crippen molar-refractivity contribution in [2.75, 3.05) is 97.9 Å². The van der Waals surface area contributed by atoms with Gasteiger partial charge in [0.2, 0.25) is 5.91 Å². The van der Waals surface area contributed by atoms with Crippen LogP contribution in [0, 0.1) is 11.7 Å². The second-order valence-electron chi connectivity index (χ2n) is 20.8. The molecular weight excluding hydrogens is 954 g/mol. The fraction of sp³-hybridized carbons (Fsp3) is 0.600. The van der Waals surface area contributed by atoms with Crippen LogP contribution in [0.5, 0.6) is 0 Å². The van der Waals surface area contributed by atoms with Gasteiger partial charge in [0, 0.05) is 56.9 Å². The van der Waals surface area contributed by atoms with E-state index >= 15 is 0 Å². The molecule has 20 nitrogen and oxygen atoms in total. The summed E-state index contributed by atoms with van der Waals surface area (Å²) in [5.41, 5.74) is 2.58. The number of nitrogens with one attached hydrogen (secondary N) is 5. The molecule has 1 spiro atoms. The third kappa shape index (κ3) is 12.3. The number of hydrogen-bond acceptors (Lipinski definition) is 8. The van der Waals surface area contributed by atoms with E-state index in [1.54, 1.807) is 12.1 Å². The Balaban J connectivity index is 0.920. The predicted octanol–water partition coefficient (Wildman–Crippen LogP) is 2.67. The van der Waals surface area contributed by atoms with Crippen LogP contribution >= 0.6 is 12.2 Å². The molecule has 4 saturated heterocycles. The summed E-state index contributed by atoms with van der Waals surface area (Å²) in [6.07, 6.45) is 4.18. The molecule has 3 amide bonds. The van der Waals surface area contributed by atoms with Crippen molar-refractivity contribution in [2.45, 2.75) is 95.0 Å². The minimum atomic E-state index is -1.23. The van der Waals surface area contributed by atoms with E-state index in [4.69, 9.17) is 17.3 Å².